The Morgan fingerprint density at radius 2 is 1.83 bits per heavy atom. The molecule has 1 aliphatic rings. The minimum Gasteiger partial charge on any atom is -0.385 e. The molecule has 0 radical (unpaired) electrons. The van der Waals surface area contributed by atoms with E-state index in [9.17, 15) is 4.79 Å². The van der Waals surface area contributed by atoms with Crippen LogP contribution >= 0.6 is 0 Å². The van der Waals surface area contributed by atoms with Gasteiger partial charge in [-0.2, -0.15) is 0 Å². The molecule has 0 bridgehead atoms. The zero-order valence-corrected chi connectivity index (χ0v) is 11.1. The maximum atomic E-state index is 11.9. The van der Waals surface area contributed by atoms with Crippen molar-refractivity contribution in [1.29, 1.82) is 0 Å². The van der Waals surface area contributed by atoms with Gasteiger partial charge in [0.15, 0.2) is 0 Å². The van der Waals surface area contributed by atoms with E-state index in [0.29, 0.717) is 6.42 Å². The summed E-state index contributed by atoms with van der Waals surface area (Å²) in [5, 5.41) is 3.29. The third-order valence-corrected chi connectivity index (χ3v) is 3.43. The average molecular weight is 246 g/mol. The minimum atomic E-state index is 0.286. The number of hydrogen-bond donors (Lipinski definition) is 1. The summed E-state index contributed by atoms with van der Waals surface area (Å²) in [4.78, 5) is 13.9. The van der Waals surface area contributed by atoms with Gasteiger partial charge >= 0.3 is 0 Å². The van der Waals surface area contributed by atoms with Gasteiger partial charge in [0, 0.05) is 31.7 Å². The fourth-order valence-corrected chi connectivity index (χ4v) is 2.29. The van der Waals surface area contributed by atoms with E-state index in [1.165, 1.54) is 12.0 Å². The fraction of sp³-hybridized carbons (Fsp3) is 0.533. The van der Waals surface area contributed by atoms with Gasteiger partial charge in [0.25, 0.3) is 0 Å². The number of rotatable bonds is 4. The lowest BCUT2D eigenvalue weighted by molar-refractivity contribution is -0.131. The molecule has 18 heavy (non-hydrogen) atoms. The predicted molar refractivity (Wildman–Crippen MR) is 74.7 cm³/mol. The number of carbonyl (C=O) groups is 1. The summed E-state index contributed by atoms with van der Waals surface area (Å²) in [7, 11) is 0. The highest BCUT2D eigenvalue weighted by molar-refractivity contribution is 5.76. The standard InChI is InChI=1S/C15H22N2O/c1-13-5-7-14(8-6-13)16-10-9-15(18)17-11-3-2-4-12-17/h5-8,16H,2-4,9-12H2,1H3. The van der Waals surface area contributed by atoms with E-state index in [2.05, 4.69) is 36.5 Å². The Hall–Kier alpha value is -1.51. The lowest BCUT2D eigenvalue weighted by Crippen LogP contribution is -2.36. The molecule has 3 nitrogen and oxygen atoms in total. The number of likely N-dealkylation sites (tertiary alicyclic amines) is 1. The molecule has 2 rings (SSSR count). The molecule has 0 atom stereocenters. The molecule has 0 spiro atoms. The number of anilines is 1. The van der Waals surface area contributed by atoms with Crippen molar-refractivity contribution in [2.45, 2.75) is 32.6 Å². The topological polar surface area (TPSA) is 32.3 Å². The van der Waals surface area contributed by atoms with Crippen LogP contribution in [-0.4, -0.2) is 30.4 Å². The molecule has 1 saturated heterocycles. The first kappa shape index (κ1) is 12.9. The zero-order valence-electron chi connectivity index (χ0n) is 11.1. The Bertz CT molecular complexity index is 380. The summed E-state index contributed by atoms with van der Waals surface area (Å²) in [5.74, 6) is 0.286. The van der Waals surface area contributed by atoms with Gasteiger partial charge in [-0.3, -0.25) is 4.79 Å². The van der Waals surface area contributed by atoms with Gasteiger partial charge < -0.3 is 10.2 Å². The van der Waals surface area contributed by atoms with Crippen molar-refractivity contribution in [2.24, 2.45) is 0 Å². The van der Waals surface area contributed by atoms with Crippen LogP contribution in [0.2, 0.25) is 0 Å². The van der Waals surface area contributed by atoms with E-state index in [1.807, 2.05) is 4.90 Å². The van der Waals surface area contributed by atoms with Crippen molar-refractivity contribution in [2.75, 3.05) is 25.0 Å². The zero-order chi connectivity index (χ0) is 12.8. The molecule has 1 amide bonds. The molecule has 98 valence electrons. The monoisotopic (exact) mass is 246 g/mol. The average Bonchev–Trinajstić information content (AvgIpc) is 2.42. The van der Waals surface area contributed by atoms with Gasteiger partial charge in [-0.05, 0) is 38.3 Å². The van der Waals surface area contributed by atoms with Gasteiger partial charge in [0.1, 0.15) is 0 Å². The fourth-order valence-electron chi connectivity index (χ4n) is 2.29. The van der Waals surface area contributed by atoms with Crippen LogP contribution in [0.5, 0.6) is 0 Å². The lowest BCUT2D eigenvalue weighted by atomic mass is 10.1. The summed E-state index contributed by atoms with van der Waals surface area (Å²) in [5.41, 5.74) is 2.34. The van der Waals surface area contributed by atoms with Crippen molar-refractivity contribution in [3.63, 3.8) is 0 Å². The SMILES string of the molecule is Cc1ccc(NCCC(=O)N2CCCCC2)cc1. The number of carbonyl (C=O) groups excluding carboxylic acids is 1. The molecule has 1 aliphatic heterocycles. The van der Waals surface area contributed by atoms with Crippen molar-refractivity contribution >= 4 is 11.6 Å². The van der Waals surface area contributed by atoms with Crippen LogP contribution in [0.1, 0.15) is 31.2 Å². The summed E-state index contributed by atoms with van der Waals surface area (Å²) < 4.78 is 0. The highest BCUT2D eigenvalue weighted by Crippen LogP contribution is 2.11. The smallest absolute Gasteiger partial charge is 0.224 e. The highest BCUT2D eigenvalue weighted by Gasteiger charge is 2.15. The molecule has 1 N–H and O–H groups in total. The van der Waals surface area contributed by atoms with E-state index in [4.69, 9.17) is 0 Å². The normalized spacial score (nSPS) is 15.5. The number of amides is 1. The van der Waals surface area contributed by atoms with Crippen LogP contribution in [0.4, 0.5) is 5.69 Å². The maximum absolute atomic E-state index is 11.9. The quantitative estimate of drug-likeness (QED) is 0.886. The second kappa shape index (κ2) is 6.43. The van der Waals surface area contributed by atoms with Crippen molar-refractivity contribution in [3.05, 3.63) is 29.8 Å². The van der Waals surface area contributed by atoms with Gasteiger partial charge in [0.2, 0.25) is 5.91 Å². The molecule has 0 saturated carbocycles. The number of piperidine rings is 1. The van der Waals surface area contributed by atoms with Gasteiger partial charge in [0.05, 0.1) is 0 Å². The summed E-state index contributed by atoms with van der Waals surface area (Å²) in [6.45, 7) is 4.69. The summed E-state index contributed by atoms with van der Waals surface area (Å²) in [6.07, 6.45) is 4.19. The Morgan fingerprint density at radius 3 is 2.50 bits per heavy atom. The van der Waals surface area contributed by atoms with E-state index in [1.54, 1.807) is 0 Å². The van der Waals surface area contributed by atoms with E-state index < -0.39 is 0 Å². The Kier molecular flexibility index (Phi) is 4.62. The predicted octanol–water partition coefficient (Wildman–Crippen LogP) is 2.81. The molecule has 1 aromatic rings. The number of benzene rings is 1. The molecular formula is C15H22N2O. The Morgan fingerprint density at radius 1 is 1.17 bits per heavy atom. The minimum absolute atomic E-state index is 0.286. The lowest BCUT2D eigenvalue weighted by Gasteiger charge is -2.26. The van der Waals surface area contributed by atoms with E-state index >= 15 is 0 Å². The number of aryl methyl sites for hydroxylation is 1. The molecular weight excluding hydrogens is 224 g/mol. The largest absolute Gasteiger partial charge is 0.385 e. The highest BCUT2D eigenvalue weighted by atomic mass is 16.2. The van der Waals surface area contributed by atoms with Crippen LogP contribution in [0.15, 0.2) is 24.3 Å². The summed E-state index contributed by atoms with van der Waals surface area (Å²) >= 11 is 0. The van der Waals surface area contributed by atoms with Crippen LogP contribution in [0.25, 0.3) is 0 Å². The first-order chi connectivity index (χ1) is 8.75. The molecule has 3 heteroatoms. The first-order valence-electron chi connectivity index (χ1n) is 6.84. The number of hydrogen-bond acceptors (Lipinski definition) is 2. The number of nitrogens with one attached hydrogen (secondary N) is 1. The van der Waals surface area contributed by atoms with Crippen molar-refractivity contribution in [3.8, 4) is 0 Å². The van der Waals surface area contributed by atoms with Crippen LogP contribution in [0, 0.1) is 6.92 Å². The van der Waals surface area contributed by atoms with Crippen LogP contribution < -0.4 is 5.32 Å². The van der Waals surface area contributed by atoms with Gasteiger partial charge in [-0.25, -0.2) is 0 Å². The second-order valence-corrected chi connectivity index (χ2v) is 4.98. The summed E-state index contributed by atoms with van der Waals surface area (Å²) in [6, 6.07) is 8.27. The van der Waals surface area contributed by atoms with Gasteiger partial charge in [-0.15, -0.1) is 0 Å². The third kappa shape index (κ3) is 3.76. The maximum Gasteiger partial charge on any atom is 0.224 e. The van der Waals surface area contributed by atoms with Gasteiger partial charge in [-0.1, -0.05) is 17.7 Å². The van der Waals surface area contributed by atoms with Crippen molar-refractivity contribution < 1.29 is 4.79 Å². The molecule has 1 fully saturated rings. The molecule has 0 aromatic heterocycles. The van der Waals surface area contributed by atoms with E-state index in [0.717, 1.165) is 38.2 Å². The Labute approximate surface area is 109 Å². The van der Waals surface area contributed by atoms with Crippen LogP contribution in [0.3, 0.4) is 0 Å². The van der Waals surface area contributed by atoms with E-state index in [-0.39, 0.29) is 5.91 Å². The second-order valence-electron chi connectivity index (χ2n) is 4.98. The molecule has 1 heterocycles. The Balaban J connectivity index is 1.71. The van der Waals surface area contributed by atoms with Crippen LogP contribution in [-0.2, 0) is 4.79 Å². The molecule has 0 aliphatic carbocycles. The first-order valence-corrected chi connectivity index (χ1v) is 6.84. The molecule has 1 aromatic carbocycles. The van der Waals surface area contributed by atoms with Crippen molar-refractivity contribution in [1.82, 2.24) is 4.90 Å². The third-order valence-electron chi connectivity index (χ3n) is 3.43. The number of nitrogens with zero attached hydrogens (tertiary/aromatic N) is 1. The molecule has 0 unspecified atom stereocenters.